The van der Waals surface area contributed by atoms with Gasteiger partial charge in [-0.3, -0.25) is 18.2 Å². The molecule has 0 aromatic rings. The molecule has 0 aliphatic rings. The summed E-state index contributed by atoms with van der Waals surface area (Å²) in [6.45, 7) is 0. The molecule has 0 radical (unpaired) electrons. The maximum atomic E-state index is 9.94. The fourth-order valence-electron chi connectivity index (χ4n) is 0.477. The molecule has 0 amide bonds. The highest BCUT2D eigenvalue weighted by atomic mass is 32.2. The van der Waals surface area contributed by atoms with Crippen LogP contribution < -0.4 is 0 Å². The minimum Gasteiger partial charge on any atom is -0.374 e. The molecule has 0 heterocycles. The number of hydrogen-bond acceptors (Lipinski definition) is 9. The van der Waals surface area contributed by atoms with Gasteiger partial charge in [0.15, 0.2) is 5.44 Å². The van der Waals surface area contributed by atoms with Crippen LogP contribution in [-0.2, 0) is 40.5 Å². The minimum atomic E-state index is -4.82. The molecule has 0 aliphatic carbocycles. The summed E-state index contributed by atoms with van der Waals surface area (Å²) in [5.74, 6) is -3.40. The van der Waals surface area contributed by atoms with Gasteiger partial charge in [0.05, 0.1) is 11.5 Å². The van der Waals surface area contributed by atoms with E-state index in [9.17, 15) is 33.7 Å². The lowest BCUT2D eigenvalue weighted by Crippen LogP contribution is -2.28. The SMILES string of the molecule is O=S(=O)(O)CC(O)S(=O)(=O)O.O=S(=O)(O)CCS(=O)(=O)O. The highest BCUT2D eigenvalue weighted by Gasteiger charge is 2.25. The van der Waals surface area contributed by atoms with Crippen molar-refractivity contribution in [1.29, 1.82) is 0 Å². The van der Waals surface area contributed by atoms with E-state index in [0.717, 1.165) is 0 Å². The first-order valence-electron chi connectivity index (χ1n) is 4.33. The van der Waals surface area contributed by atoms with Crippen molar-refractivity contribution in [2.45, 2.75) is 5.44 Å². The van der Waals surface area contributed by atoms with E-state index in [1.165, 1.54) is 0 Å². The molecule has 0 spiro atoms. The monoisotopic (exact) mass is 396 g/mol. The summed E-state index contributed by atoms with van der Waals surface area (Å²) in [5.41, 5.74) is -2.50. The lowest BCUT2D eigenvalue weighted by molar-refractivity contribution is 0.250. The molecule has 5 N–H and O–H groups in total. The van der Waals surface area contributed by atoms with Gasteiger partial charge < -0.3 is 5.11 Å². The molecule has 1 atom stereocenters. The van der Waals surface area contributed by atoms with Gasteiger partial charge in [-0.2, -0.15) is 33.7 Å². The van der Waals surface area contributed by atoms with Crippen molar-refractivity contribution >= 4 is 40.5 Å². The number of rotatable bonds is 6. The van der Waals surface area contributed by atoms with E-state index in [0.29, 0.717) is 0 Å². The van der Waals surface area contributed by atoms with Crippen molar-refractivity contribution in [2.24, 2.45) is 0 Å². The second-order valence-corrected chi connectivity index (χ2v) is 9.51. The van der Waals surface area contributed by atoms with E-state index in [-0.39, 0.29) is 0 Å². The molecule has 0 aromatic carbocycles. The Kier molecular flexibility index (Phi) is 8.43. The van der Waals surface area contributed by atoms with E-state index in [1.807, 2.05) is 0 Å². The van der Waals surface area contributed by atoms with Crippen LogP contribution in [-0.4, -0.2) is 79.7 Å². The Labute approximate surface area is 120 Å². The zero-order chi connectivity index (χ0) is 17.7. The van der Waals surface area contributed by atoms with E-state index in [2.05, 4.69) is 0 Å². The number of aliphatic hydroxyl groups excluding tert-OH is 1. The molecule has 0 aliphatic heterocycles. The van der Waals surface area contributed by atoms with Crippen LogP contribution in [0.15, 0.2) is 0 Å². The predicted octanol–water partition coefficient (Wildman–Crippen LogP) is -3.16. The number of aliphatic hydroxyl groups is 1. The van der Waals surface area contributed by atoms with Crippen LogP contribution in [0.3, 0.4) is 0 Å². The van der Waals surface area contributed by atoms with Crippen LogP contribution in [0.5, 0.6) is 0 Å². The highest BCUT2D eigenvalue weighted by Crippen LogP contribution is 1.97. The smallest absolute Gasteiger partial charge is 0.293 e. The van der Waals surface area contributed by atoms with Crippen LogP contribution in [0.2, 0.25) is 0 Å². The van der Waals surface area contributed by atoms with Crippen LogP contribution in [0.25, 0.3) is 0 Å². The van der Waals surface area contributed by atoms with E-state index < -0.39 is 63.2 Å². The lowest BCUT2D eigenvalue weighted by atomic mass is 10.9. The molecule has 130 valence electrons. The molecule has 0 saturated carbocycles. The average molecular weight is 396 g/mol. The predicted molar refractivity (Wildman–Crippen MR) is 66.8 cm³/mol. The molecule has 13 nitrogen and oxygen atoms in total. The summed E-state index contributed by atoms with van der Waals surface area (Å²) in [6, 6.07) is 0. The van der Waals surface area contributed by atoms with Crippen LogP contribution >= 0.6 is 0 Å². The Bertz CT molecular complexity index is 690. The third-order valence-corrected chi connectivity index (χ3v) is 4.80. The fraction of sp³-hybridized carbons (Fsp3) is 1.00. The Balaban J connectivity index is 0. The first-order valence-corrected chi connectivity index (χ1v) is 10.7. The van der Waals surface area contributed by atoms with Gasteiger partial charge >= 0.3 is 0 Å². The molecule has 1 unspecified atom stereocenters. The lowest BCUT2D eigenvalue weighted by Gasteiger charge is -2.02. The maximum absolute atomic E-state index is 9.94. The first-order chi connectivity index (χ1) is 8.83. The average Bonchev–Trinajstić information content (AvgIpc) is 2.09. The van der Waals surface area contributed by atoms with Crippen molar-refractivity contribution in [2.75, 3.05) is 17.3 Å². The third kappa shape index (κ3) is 19.6. The van der Waals surface area contributed by atoms with Gasteiger partial charge in [-0.1, -0.05) is 0 Å². The summed E-state index contributed by atoms with van der Waals surface area (Å²) in [5, 5.41) is 8.34. The minimum absolute atomic E-state index is 0.980. The fourth-order valence-corrected chi connectivity index (χ4v) is 3.73. The Morgan fingerprint density at radius 2 is 0.905 bits per heavy atom. The Hall–Kier alpha value is -0.400. The zero-order valence-corrected chi connectivity index (χ0v) is 13.1. The number of hydrogen-bond donors (Lipinski definition) is 5. The summed E-state index contributed by atoms with van der Waals surface area (Å²) in [4.78, 5) is 0. The molecule has 0 rings (SSSR count). The van der Waals surface area contributed by atoms with E-state index in [1.54, 1.807) is 0 Å². The van der Waals surface area contributed by atoms with Crippen LogP contribution in [0, 0.1) is 0 Å². The van der Waals surface area contributed by atoms with Gasteiger partial charge in [0.2, 0.25) is 0 Å². The topological polar surface area (TPSA) is 238 Å². The maximum Gasteiger partial charge on any atom is 0.293 e. The van der Waals surface area contributed by atoms with E-state index >= 15 is 0 Å². The standard InChI is InChI=1S/C2H6O7S2.C2H6O6S2/c3-2(11(7,8)9)1-10(4,5)6;3-9(4,5)1-2-10(6,7)8/h2-3H,1H2,(H,4,5,6)(H,7,8,9);1-2H2,(H,3,4,5)(H,6,7,8). The quantitative estimate of drug-likeness (QED) is 0.279. The second kappa shape index (κ2) is 7.74. The molecular weight excluding hydrogens is 384 g/mol. The van der Waals surface area contributed by atoms with Gasteiger partial charge in [0, 0.05) is 0 Å². The highest BCUT2D eigenvalue weighted by molar-refractivity contribution is 7.90. The molecular formula is C4H12O13S4. The van der Waals surface area contributed by atoms with Crippen molar-refractivity contribution < 1.29 is 57.0 Å². The van der Waals surface area contributed by atoms with Crippen LogP contribution in [0.4, 0.5) is 0 Å². The van der Waals surface area contributed by atoms with Crippen molar-refractivity contribution in [3.63, 3.8) is 0 Å². The Morgan fingerprint density at radius 1 is 0.619 bits per heavy atom. The molecule has 17 heteroatoms. The van der Waals surface area contributed by atoms with Gasteiger partial charge in [-0.15, -0.1) is 0 Å². The van der Waals surface area contributed by atoms with Crippen LogP contribution in [0.1, 0.15) is 0 Å². The summed E-state index contributed by atoms with van der Waals surface area (Å²) < 4.78 is 111. The largest absolute Gasteiger partial charge is 0.374 e. The van der Waals surface area contributed by atoms with Gasteiger partial charge in [-0.05, 0) is 0 Å². The van der Waals surface area contributed by atoms with Gasteiger partial charge in [-0.25, -0.2) is 0 Å². The van der Waals surface area contributed by atoms with Gasteiger partial charge in [0.25, 0.3) is 40.5 Å². The summed E-state index contributed by atoms with van der Waals surface area (Å²) in [6.07, 6.45) is 0. The molecule has 0 aromatic heterocycles. The summed E-state index contributed by atoms with van der Waals surface area (Å²) in [7, 11) is -18.0. The van der Waals surface area contributed by atoms with E-state index in [4.69, 9.17) is 23.3 Å². The van der Waals surface area contributed by atoms with Crippen molar-refractivity contribution in [3.8, 4) is 0 Å². The van der Waals surface area contributed by atoms with Crippen molar-refractivity contribution in [1.82, 2.24) is 0 Å². The van der Waals surface area contributed by atoms with Gasteiger partial charge in [0.1, 0.15) is 5.75 Å². The summed E-state index contributed by atoms with van der Waals surface area (Å²) >= 11 is 0. The second-order valence-electron chi connectivity index (χ2n) is 3.29. The zero-order valence-electron chi connectivity index (χ0n) is 9.83. The molecule has 21 heavy (non-hydrogen) atoms. The first kappa shape index (κ1) is 22.9. The molecule has 0 bridgehead atoms. The normalized spacial score (nSPS) is 14.9. The Morgan fingerprint density at radius 3 is 1.00 bits per heavy atom. The third-order valence-electron chi connectivity index (χ3n) is 1.30. The van der Waals surface area contributed by atoms with Crippen molar-refractivity contribution in [3.05, 3.63) is 0 Å². The molecule has 0 saturated heterocycles. The molecule has 0 fully saturated rings.